The summed E-state index contributed by atoms with van der Waals surface area (Å²) in [7, 11) is 0. The van der Waals surface area contributed by atoms with Crippen LogP contribution in [0, 0.1) is 0 Å². The van der Waals surface area contributed by atoms with Crippen LogP contribution in [-0.4, -0.2) is 33.9 Å². The van der Waals surface area contributed by atoms with Gasteiger partial charge in [-0.05, 0) is 18.9 Å². The van der Waals surface area contributed by atoms with Gasteiger partial charge in [0.2, 0.25) is 0 Å². The predicted molar refractivity (Wildman–Crippen MR) is 97.5 cm³/mol. The number of amides is 1. The average molecular weight is 369 g/mol. The summed E-state index contributed by atoms with van der Waals surface area (Å²) in [6.45, 7) is 0.768. The maximum Gasteiger partial charge on any atom is 0.292 e. The largest absolute Gasteiger partial charge is 0.371 e. The van der Waals surface area contributed by atoms with Crippen molar-refractivity contribution >= 4 is 34.2 Å². The Hall–Kier alpha value is -2.91. The van der Waals surface area contributed by atoms with Crippen LogP contribution in [0.2, 0.25) is 0 Å². The van der Waals surface area contributed by atoms with Gasteiger partial charge in [0.05, 0.1) is 16.5 Å². The number of fused-ring (bicyclic) bond motifs is 1. The summed E-state index contributed by atoms with van der Waals surface area (Å²) in [5.41, 5.74) is 2.20. The first-order chi connectivity index (χ1) is 12.7. The van der Waals surface area contributed by atoms with Crippen molar-refractivity contribution in [1.82, 2.24) is 20.6 Å². The number of carbonyl (C=O) groups excluding carboxylic acids is 1. The van der Waals surface area contributed by atoms with Gasteiger partial charge in [-0.1, -0.05) is 18.2 Å². The second-order valence-electron chi connectivity index (χ2n) is 5.75. The highest BCUT2D eigenvalue weighted by Gasteiger charge is 2.20. The minimum Gasteiger partial charge on any atom is -0.371 e. The average Bonchev–Trinajstić information content (AvgIpc) is 3.34. The Labute approximate surface area is 151 Å². The van der Waals surface area contributed by atoms with E-state index in [0.29, 0.717) is 10.8 Å². The van der Waals surface area contributed by atoms with Crippen LogP contribution in [-0.2, 0) is 4.74 Å². The lowest BCUT2D eigenvalue weighted by Gasteiger charge is -2.03. The van der Waals surface area contributed by atoms with E-state index in [4.69, 9.17) is 4.74 Å². The molecule has 1 unspecified atom stereocenters. The van der Waals surface area contributed by atoms with E-state index in [9.17, 15) is 9.59 Å². The van der Waals surface area contributed by atoms with Gasteiger partial charge in [-0.3, -0.25) is 9.59 Å². The topological polar surface area (TPSA) is 109 Å². The molecule has 1 fully saturated rings. The molecule has 1 aliphatic rings. The van der Waals surface area contributed by atoms with Crippen molar-refractivity contribution in [2.24, 2.45) is 5.10 Å². The van der Waals surface area contributed by atoms with Crippen molar-refractivity contribution in [3.63, 3.8) is 0 Å². The molecule has 0 saturated carbocycles. The van der Waals surface area contributed by atoms with Gasteiger partial charge in [0.15, 0.2) is 5.69 Å². The molecule has 8 nitrogen and oxygen atoms in total. The van der Waals surface area contributed by atoms with Crippen molar-refractivity contribution in [2.45, 2.75) is 18.9 Å². The van der Waals surface area contributed by atoms with Crippen LogP contribution in [0.25, 0.3) is 10.8 Å². The number of hydrogen-bond donors (Lipinski definition) is 2. The van der Waals surface area contributed by atoms with Crippen molar-refractivity contribution in [3.05, 3.63) is 56.4 Å². The summed E-state index contributed by atoms with van der Waals surface area (Å²) in [6.07, 6.45) is 5.32. The molecule has 1 amide bonds. The number of thiazole rings is 1. The molecule has 26 heavy (non-hydrogen) atoms. The highest BCUT2D eigenvalue weighted by molar-refractivity contribution is 7.13. The minimum absolute atomic E-state index is 0.0634. The second kappa shape index (κ2) is 7.14. The number of benzene rings is 1. The van der Waals surface area contributed by atoms with Crippen LogP contribution in [0.1, 0.15) is 39.3 Å². The summed E-state index contributed by atoms with van der Waals surface area (Å²) in [5.74, 6) is -0.502. The van der Waals surface area contributed by atoms with Crippen LogP contribution in [0.3, 0.4) is 0 Å². The lowest BCUT2D eigenvalue weighted by Crippen LogP contribution is -2.22. The zero-order valence-corrected chi connectivity index (χ0v) is 14.5. The second-order valence-corrected chi connectivity index (χ2v) is 6.84. The van der Waals surface area contributed by atoms with Gasteiger partial charge in [-0.2, -0.15) is 10.2 Å². The van der Waals surface area contributed by atoms with Gasteiger partial charge in [0.1, 0.15) is 11.1 Å². The Morgan fingerprint density at radius 1 is 1.38 bits per heavy atom. The highest BCUT2D eigenvalue weighted by atomic mass is 32.1. The number of rotatable bonds is 4. The fraction of sp³-hybridized carbons (Fsp3) is 0.235. The fourth-order valence-corrected chi connectivity index (χ4v) is 3.65. The summed E-state index contributed by atoms with van der Waals surface area (Å²) in [5, 5.41) is 11.9. The molecule has 0 aliphatic carbocycles. The number of H-pyrrole nitrogens is 1. The molecule has 0 spiro atoms. The number of aromatic nitrogens is 3. The number of hydrogen-bond acceptors (Lipinski definition) is 7. The van der Waals surface area contributed by atoms with E-state index in [1.54, 1.807) is 30.5 Å². The van der Waals surface area contributed by atoms with Crippen LogP contribution in [0.5, 0.6) is 0 Å². The predicted octanol–water partition coefficient (Wildman–Crippen LogP) is 1.99. The van der Waals surface area contributed by atoms with Crippen LogP contribution < -0.4 is 11.0 Å². The molecule has 3 aromatic rings. The fourth-order valence-electron chi connectivity index (χ4n) is 2.78. The number of ether oxygens (including phenoxy) is 1. The highest BCUT2D eigenvalue weighted by Crippen LogP contribution is 2.30. The van der Waals surface area contributed by atoms with Crippen LogP contribution in [0.4, 0.5) is 0 Å². The van der Waals surface area contributed by atoms with Gasteiger partial charge in [-0.15, -0.1) is 11.3 Å². The number of aromatic amines is 1. The molecule has 132 valence electrons. The van der Waals surface area contributed by atoms with E-state index in [1.165, 1.54) is 17.6 Å². The number of nitrogens with one attached hydrogen (secondary N) is 2. The molecule has 3 heterocycles. The normalized spacial score (nSPS) is 17.2. The third kappa shape index (κ3) is 3.26. The quantitative estimate of drug-likeness (QED) is 0.540. The maximum atomic E-state index is 12.3. The summed E-state index contributed by atoms with van der Waals surface area (Å²) in [4.78, 5) is 29.3. The van der Waals surface area contributed by atoms with Gasteiger partial charge >= 0.3 is 0 Å². The van der Waals surface area contributed by atoms with Crippen molar-refractivity contribution < 1.29 is 9.53 Å². The monoisotopic (exact) mass is 369 g/mol. The molecule has 4 rings (SSSR count). The Kier molecular flexibility index (Phi) is 4.55. The molecular weight excluding hydrogens is 354 g/mol. The van der Waals surface area contributed by atoms with Crippen molar-refractivity contribution in [1.29, 1.82) is 0 Å². The Morgan fingerprint density at radius 3 is 3.04 bits per heavy atom. The number of carbonyl (C=O) groups is 1. The summed E-state index contributed by atoms with van der Waals surface area (Å²) >= 11 is 1.48. The summed E-state index contributed by atoms with van der Waals surface area (Å²) < 4.78 is 5.60. The van der Waals surface area contributed by atoms with E-state index in [-0.39, 0.29) is 17.4 Å². The van der Waals surface area contributed by atoms with Crippen molar-refractivity contribution in [3.8, 4) is 0 Å². The molecule has 1 saturated heterocycles. The van der Waals surface area contributed by atoms with E-state index < -0.39 is 5.91 Å². The molecule has 0 bridgehead atoms. The Morgan fingerprint density at radius 2 is 2.23 bits per heavy atom. The Bertz CT molecular complexity index is 1040. The van der Waals surface area contributed by atoms with Gasteiger partial charge in [0, 0.05) is 18.2 Å². The molecule has 9 heteroatoms. The standard InChI is InChI=1S/C17H15N5O3S/c23-15-12-5-2-1-4-11(12)14(20-22-15)16(24)21-19-9-10-8-18-17(26-10)13-6-3-7-25-13/h1-2,4-5,8-9,13H,3,6-7H2,(H,21,24)(H,22,23)/b19-9+. The molecule has 1 aliphatic heterocycles. The molecule has 1 atom stereocenters. The Balaban J connectivity index is 1.48. The molecule has 1 aromatic carbocycles. The third-order valence-corrected chi connectivity index (χ3v) is 5.04. The van der Waals surface area contributed by atoms with E-state index in [0.717, 1.165) is 29.3 Å². The molecular formula is C17H15N5O3S. The summed E-state index contributed by atoms with van der Waals surface area (Å²) in [6, 6.07) is 6.79. The van der Waals surface area contributed by atoms with Gasteiger partial charge in [-0.25, -0.2) is 15.5 Å². The SMILES string of the molecule is O=C(N/N=C/c1cnc(C2CCCO2)s1)c1n[nH]c(=O)c2ccccc12. The third-order valence-electron chi connectivity index (χ3n) is 4.02. The van der Waals surface area contributed by atoms with Gasteiger partial charge < -0.3 is 4.74 Å². The first kappa shape index (κ1) is 16.6. The zero-order chi connectivity index (χ0) is 17.9. The van der Waals surface area contributed by atoms with Crippen LogP contribution >= 0.6 is 11.3 Å². The van der Waals surface area contributed by atoms with E-state index in [2.05, 4.69) is 25.7 Å². The van der Waals surface area contributed by atoms with Crippen molar-refractivity contribution in [2.75, 3.05) is 6.61 Å². The van der Waals surface area contributed by atoms with E-state index >= 15 is 0 Å². The molecule has 2 aromatic heterocycles. The zero-order valence-electron chi connectivity index (χ0n) is 13.6. The van der Waals surface area contributed by atoms with E-state index in [1.807, 2.05) is 0 Å². The molecule has 2 N–H and O–H groups in total. The molecule has 0 radical (unpaired) electrons. The lowest BCUT2D eigenvalue weighted by atomic mass is 10.1. The maximum absolute atomic E-state index is 12.3. The lowest BCUT2D eigenvalue weighted by molar-refractivity contribution is 0.0951. The van der Waals surface area contributed by atoms with Crippen LogP contribution in [0.15, 0.2) is 40.4 Å². The van der Waals surface area contributed by atoms with Gasteiger partial charge in [0.25, 0.3) is 11.5 Å². The smallest absolute Gasteiger partial charge is 0.292 e. The minimum atomic E-state index is -0.502. The first-order valence-electron chi connectivity index (χ1n) is 8.10. The first-order valence-corrected chi connectivity index (χ1v) is 8.92. The number of hydrazone groups is 1. The number of nitrogens with zero attached hydrogens (tertiary/aromatic N) is 3.